The molecule has 1 atom stereocenters. The van der Waals surface area contributed by atoms with Crippen LogP contribution >= 0.6 is 0 Å². The molecule has 21 heavy (non-hydrogen) atoms. The summed E-state index contributed by atoms with van der Waals surface area (Å²) in [5.74, 6) is -0.310. The topological polar surface area (TPSA) is 113 Å². The molecule has 8 heteroatoms. The van der Waals surface area contributed by atoms with E-state index in [1.165, 1.54) is 18.2 Å². The molecule has 0 aliphatic heterocycles. The number of nitrogens with one attached hydrogen (secondary N) is 3. The standard InChI is InChI=1S/C13H15N5O3/c1-8(10-6-15-16-7-10)17-13(19)9-3-4-12(18(20)21)11(5-9)14-2/h3-8,14H,1-2H3,(H,15,16)(H,17,19). The molecule has 1 aromatic heterocycles. The zero-order valence-corrected chi connectivity index (χ0v) is 11.6. The van der Waals surface area contributed by atoms with Crippen molar-refractivity contribution in [1.29, 1.82) is 0 Å². The van der Waals surface area contributed by atoms with E-state index in [2.05, 4.69) is 20.8 Å². The first-order valence-corrected chi connectivity index (χ1v) is 6.28. The molecule has 0 saturated carbocycles. The van der Waals surface area contributed by atoms with Crippen molar-refractivity contribution in [1.82, 2.24) is 15.5 Å². The molecule has 0 radical (unpaired) electrons. The lowest BCUT2D eigenvalue weighted by molar-refractivity contribution is -0.383. The van der Waals surface area contributed by atoms with Gasteiger partial charge in [0.05, 0.1) is 17.2 Å². The summed E-state index contributed by atoms with van der Waals surface area (Å²) in [6.45, 7) is 1.83. The second-order valence-electron chi connectivity index (χ2n) is 4.47. The molecule has 2 aromatic rings. The summed E-state index contributed by atoms with van der Waals surface area (Å²) < 4.78 is 0. The zero-order chi connectivity index (χ0) is 15.4. The van der Waals surface area contributed by atoms with Gasteiger partial charge in [-0.1, -0.05) is 0 Å². The molecule has 110 valence electrons. The number of aromatic amines is 1. The number of carbonyl (C=O) groups excluding carboxylic acids is 1. The summed E-state index contributed by atoms with van der Waals surface area (Å²) in [5, 5.41) is 22.9. The molecular weight excluding hydrogens is 274 g/mol. The van der Waals surface area contributed by atoms with Crippen LogP contribution in [0, 0.1) is 10.1 Å². The third-order valence-electron chi connectivity index (χ3n) is 3.09. The van der Waals surface area contributed by atoms with Crippen LogP contribution in [0.4, 0.5) is 11.4 Å². The third kappa shape index (κ3) is 3.16. The van der Waals surface area contributed by atoms with E-state index in [1.807, 2.05) is 6.92 Å². The monoisotopic (exact) mass is 289 g/mol. The van der Waals surface area contributed by atoms with Crippen LogP contribution in [0.1, 0.15) is 28.9 Å². The number of hydrogen-bond donors (Lipinski definition) is 3. The van der Waals surface area contributed by atoms with Crippen molar-refractivity contribution in [3.63, 3.8) is 0 Å². The van der Waals surface area contributed by atoms with E-state index in [1.54, 1.807) is 19.4 Å². The number of carbonyl (C=O) groups is 1. The molecule has 0 spiro atoms. The van der Waals surface area contributed by atoms with Crippen molar-refractivity contribution >= 4 is 17.3 Å². The summed E-state index contributed by atoms with van der Waals surface area (Å²) in [6, 6.07) is 3.97. The molecule has 0 bridgehead atoms. The maximum Gasteiger partial charge on any atom is 0.292 e. The predicted octanol–water partition coefficient (Wildman–Crippen LogP) is 1.85. The molecule has 0 fully saturated rings. The Bertz CT molecular complexity index is 654. The van der Waals surface area contributed by atoms with Crippen molar-refractivity contribution in [3.05, 3.63) is 51.8 Å². The Kier molecular flexibility index (Phi) is 4.17. The average molecular weight is 289 g/mol. The summed E-state index contributed by atoms with van der Waals surface area (Å²) in [5.41, 5.74) is 1.42. The minimum absolute atomic E-state index is 0.0723. The molecule has 1 aromatic carbocycles. The molecule has 1 amide bonds. The maximum atomic E-state index is 12.2. The summed E-state index contributed by atoms with van der Waals surface area (Å²) in [4.78, 5) is 22.5. The third-order valence-corrected chi connectivity index (χ3v) is 3.09. The van der Waals surface area contributed by atoms with E-state index in [4.69, 9.17) is 0 Å². The highest BCUT2D eigenvalue weighted by molar-refractivity contribution is 5.96. The van der Waals surface area contributed by atoms with Gasteiger partial charge in [0.15, 0.2) is 0 Å². The van der Waals surface area contributed by atoms with Gasteiger partial charge >= 0.3 is 0 Å². The Balaban J connectivity index is 2.18. The highest BCUT2D eigenvalue weighted by Crippen LogP contribution is 2.25. The lowest BCUT2D eigenvalue weighted by atomic mass is 10.1. The molecular formula is C13H15N5O3. The van der Waals surface area contributed by atoms with Gasteiger partial charge < -0.3 is 10.6 Å². The van der Waals surface area contributed by atoms with E-state index in [0.717, 1.165) is 5.56 Å². The molecule has 0 saturated heterocycles. The zero-order valence-electron chi connectivity index (χ0n) is 11.6. The highest BCUT2D eigenvalue weighted by Gasteiger charge is 2.17. The van der Waals surface area contributed by atoms with Gasteiger partial charge in [-0.2, -0.15) is 5.10 Å². The fourth-order valence-electron chi connectivity index (χ4n) is 1.90. The van der Waals surface area contributed by atoms with Gasteiger partial charge in [-0.05, 0) is 19.1 Å². The van der Waals surface area contributed by atoms with Crippen LogP contribution in [-0.4, -0.2) is 28.1 Å². The van der Waals surface area contributed by atoms with Gasteiger partial charge in [0.25, 0.3) is 11.6 Å². The molecule has 3 N–H and O–H groups in total. The van der Waals surface area contributed by atoms with Crippen LogP contribution < -0.4 is 10.6 Å². The lowest BCUT2D eigenvalue weighted by Crippen LogP contribution is -2.26. The SMILES string of the molecule is CNc1cc(C(=O)NC(C)c2cn[nH]c2)ccc1[N+](=O)[O-]. The maximum absolute atomic E-state index is 12.2. The van der Waals surface area contributed by atoms with Crippen molar-refractivity contribution in [2.75, 3.05) is 12.4 Å². The number of nitro benzene ring substituents is 1. The van der Waals surface area contributed by atoms with Crippen molar-refractivity contribution in [2.45, 2.75) is 13.0 Å². The quantitative estimate of drug-likeness (QED) is 0.574. The molecule has 8 nitrogen and oxygen atoms in total. The van der Waals surface area contributed by atoms with Gasteiger partial charge in [0.1, 0.15) is 5.69 Å². The number of anilines is 1. The molecule has 1 heterocycles. The largest absolute Gasteiger partial charge is 0.383 e. The second-order valence-corrected chi connectivity index (χ2v) is 4.47. The number of hydrogen-bond acceptors (Lipinski definition) is 5. The van der Waals surface area contributed by atoms with E-state index in [9.17, 15) is 14.9 Å². The Morgan fingerprint density at radius 2 is 2.24 bits per heavy atom. The fraction of sp³-hybridized carbons (Fsp3) is 0.231. The summed E-state index contributed by atoms with van der Waals surface area (Å²) >= 11 is 0. The molecule has 0 aliphatic carbocycles. The van der Waals surface area contributed by atoms with Crippen LogP contribution in [-0.2, 0) is 0 Å². The van der Waals surface area contributed by atoms with Gasteiger partial charge in [0.2, 0.25) is 0 Å². The lowest BCUT2D eigenvalue weighted by Gasteiger charge is -2.12. The van der Waals surface area contributed by atoms with Gasteiger partial charge in [0, 0.05) is 30.4 Å². The molecule has 2 rings (SSSR count). The van der Waals surface area contributed by atoms with E-state index < -0.39 is 4.92 Å². The predicted molar refractivity (Wildman–Crippen MR) is 77.1 cm³/mol. The molecule has 0 aliphatic rings. The minimum atomic E-state index is -0.498. The smallest absolute Gasteiger partial charge is 0.292 e. The normalized spacial score (nSPS) is 11.7. The van der Waals surface area contributed by atoms with Gasteiger partial charge in [-0.25, -0.2) is 0 Å². The van der Waals surface area contributed by atoms with Crippen LogP contribution in [0.15, 0.2) is 30.6 Å². The number of nitrogens with zero attached hydrogens (tertiary/aromatic N) is 2. The summed E-state index contributed by atoms with van der Waals surface area (Å²) in [7, 11) is 1.57. The number of rotatable bonds is 5. The number of H-pyrrole nitrogens is 1. The first-order chi connectivity index (χ1) is 10.0. The van der Waals surface area contributed by atoms with E-state index in [0.29, 0.717) is 11.3 Å². The number of aromatic nitrogens is 2. The first-order valence-electron chi connectivity index (χ1n) is 6.28. The summed E-state index contributed by atoms with van der Waals surface area (Å²) in [6.07, 6.45) is 3.32. The Morgan fingerprint density at radius 3 is 2.81 bits per heavy atom. The van der Waals surface area contributed by atoms with Crippen molar-refractivity contribution in [3.8, 4) is 0 Å². The van der Waals surface area contributed by atoms with Crippen LogP contribution in [0.5, 0.6) is 0 Å². The van der Waals surface area contributed by atoms with Gasteiger partial charge in [-0.3, -0.25) is 20.0 Å². The highest BCUT2D eigenvalue weighted by atomic mass is 16.6. The number of nitro groups is 1. The van der Waals surface area contributed by atoms with Crippen LogP contribution in [0.25, 0.3) is 0 Å². The van der Waals surface area contributed by atoms with Crippen molar-refractivity contribution < 1.29 is 9.72 Å². The van der Waals surface area contributed by atoms with E-state index in [-0.39, 0.29) is 17.6 Å². The average Bonchev–Trinajstić information content (AvgIpc) is 3.00. The van der Waals surface area contributed by atoms with Crippen LogP contribution in [0.3, 0.4) is 0 Å². The van der Waals surface area contributed by atoms with E-state index >= 15 is 0 Å². The first kappa shape index (κ1) is 14.5. The number of amides is 1. The fourth-order valence-corrected chi connectivity index (χ4v) is 1.90. The minimum Gasteiger partial charge on any atom is -0.383 e. The Hall–Kier alpha value is -2.90. The Labute approximate surface area is 120 Å². The van der Waals surface area contributed by atoms with Crippen molar-refractivity contribution in [2.24, 2.45) is 0 Å². The Morgan fingerprint density at radius 1 is 1.48 bits per heavy atom. The van der Waals surface area contributed by atoms with Gasteiger partial charge in [-0.15, -0.1) is 0 Å². The molecule has 1 unspecified atom stereocenters. The second kappa shape index (κ2) is 6.04. The van der Waals surface area contributed by atoms with Crippen LogP contribution in [0.2, 0.25) is 0 Å². The number of benzene rings is 1.